The van der Waals surface area contributed by atoms with Crippen LogP contribution in [-0.4, -0.2) is 39.6 Å². The number of hydrogen-bond acceptors (Lipinski definition) is 3. The molecule has 2 bridgehead atoms. The average molecular weight is 350 g/mol. The third-order valence-electron chi connectivity index (χ3n) is 6.39. The molecule has 0 aliphatic carbocycles. The first-order valence-corrected chi connectivity index (χ1v) is 9.45. The topological polar surface area (TPSA) is 53.4 Å². The Balaban J connectivity index is 1.62. The van der Waals surface area contributed by atoms with Gasteiger partial charge in [0, 0.05) is 29.4 Å². The summed E-state index contributed by atoms with van der Waals surface area (Å²) in [5.74, 6) is 0.0662. The Labute approximate surface area is 154 Å². The van der Waals surface area contributed by atoms with Crippen LogP contribution >= 0.6 is 0 Å². The van der Waals surface area contributed by atoms with Crippen LogP contribution in [0.3, 0.4) is 0 Å². The zero-order chi connectivity index (χ0) is 18.3. The maximum absolute atomic E-state index is 13.2. The van der Waals surface area contributed by atoms with Gasteiger partial charge in [0.2, 0.25) is 0 Å². The smallest absolute Gasteiger partial charge is 0.255 e. The zero-order valence-corrected chi connectivity index (χ0v) is 15.5. The fourth-order valence-corrected chi connectivity index (χ4v) is 4.92. The molecule has 1 aromatic heterocycles. The molecular weight excluding hydrogens is 324 g/mol. The number of pyridine rings is 1. The predicted molar refractivity (Wildman–Crippen MR) is 101 cm³/mol. The molecule has 26 heavy (non-hydrogen) atoms. The number of carbonyl (C=O) groups is 1. The fourth-order valence-electron chi connectivity index (χ4n) is 4.92. The molecule has 4 heteroatoms. The first-order valence-electron chi connectivity index (χ1n) is 9.45. The second-order valence-corrected chi connectivity index (χ2v) is 7.97. The van der Waals surface area contributed by atoms with Gasteiger partial charge >= 0.3 is 0 Å². The van der Waals surface area contributed by atoms with Crippen molar-refractivity contribution >= 4 is 5.91 Å². The van der Waals surface area contributed by atoms with E-state index in [1.54, 1.807) is 6.20 Å². The van der Waals surface area contributed by atoms with E-state index in [0.717, 1.165) is 36.9 Å². The number of carbonyl (C=O) groups excluding carboxylic acids is 1. The SMILES string of the molecule is Cc1cc(C(=O)N2[C@H]3CC[C@@H]2[C@@](CO)(Cc2ccccc2)C3)cnc1C. The van der Waals surface area contributed by atoms with Crippen molar-refractivity contribution in [2.24, 2.45) is 5.41 Å². The van der Waals surface area contributed by atoms with Gasteiger partial charge in [0.05, 0.1) is 12.2 Å². The lowest BCUT2D eigenvalue weighted by Gasteiger charge is -2.36. The van der Waals surface area contributed by atoms with Crippen molar-refractivity contribution in [2.45, 2.75) is 51.6 Å². The number of aliphatic hydroxyl groups is 1. The second-order valence-electron chi connectivity index (χ2n) is 7.97. The van der Waals surface area contributed by atoms with E-state index in [9.17, 15) is 9.90 Å². The van der Waals surface area contributed by atoms with Crippen LogP contribution in [0.5, 0.6) is 0 Å². The van der Waals surface area contributed by atoms with Crippen molar-refractivity contribution in [3.05, 3.63) is 65.0 Å². The third-order valence-corrected chi connectivity index (χ3v) is 6.39. The quantitative estimate of drug-likeness (QED) is 0.920. The molecule has 2 fully saturated rings. The van der Waals surface area contributed by atoms with Crippen LogP contribution in [0.1, 0.15) is 46.4 Å². The lowest BCUT2D eigenvalue weighted by Crippen LogP contribution is -2.44. The first-order chi connectivity index (χ1) is 12.5. The van der Waals surface area contributed by atoms with E-state index in [2.05, 4.69) is 17.1 Å². The van der Waals surface area contributed by atoms with Crippen LogP contribution in [0, 0.1) is 19.3 Å². The lowest BCUT2D eigenvalue weighted by atomic mass is 9.70. The Morgan fingerprint density at radius 3 is 2.73 bits per heavy atom. The predicted octanol–water partition coefficient (Wildman–Crippen LogP) is 3.30. The highest BCUT2D eigenvalue weighted by Gasteiger charge is 2.57. The van der Waals surface area contributed by atoms with Crippen molar-refractivity contribution in [2.75, 3.05) is 6.61 Å². The monoisotopic (exact) mass is 350 g/mol. The summed E-state index contributed by atoms with van der Waals surface area (Å²) in [6.45, 7) is 4.07. The molecule has 2 aliphatic heterocycles. The number of nitrogens with zero attached hydrogens (tertiary/aromatic N) is 2. The molecule has 1 N–H and O–H groups in total. The van der Waals surface area contributed by atoms with Crippen molar-refractivity contribution in [3.63, 3.8) is 0 Å². The van der Waals surface area contributed by atoms with Crippen LogP contribution in [0.4, 0.5) is 0 Å². The highest BCUT2D eigenvalue weighted by Crippen LogP contribution is 2.51. The molecule has 2 aliphatic rings. The highest BCUT2D eigenvalue weighted by atomic mass is 16.3. The molecule has 0 radical (unpaired) electrons. The third kappa shape index (κ3) is 2.73. The van der Waals surface area contributed by atoms with Gasteiger partial charge in [-0.1, -0.05) is 30.3 Å². The van der Waals surface area contributed by atoms with E-state index in [1.807, 2.05) is 43.0 Å². The van der Waals surface area contributed by atoms with Crippen LogP contribution in [0.2, 0.25) is 0 Å². The van der Waals surface area contributed by atoms with E-state index in [0.29, 0.717) is 5.56 Å². The summed E-state index contributed by atoms with van der Waals surface area (Å²) in [6.07, 6.45) is 5.40. The maximum atomic E-state index is 13.2. The molecular formula is C22H26N2O2. The molecule has 4 nitrogen and oxygen atoms in total. The van der Waals surface area contributed by atoms with Gasteiger partial charge in [-0.25, -0.2) is 0 Å². The van der Waals surface area contributed by atoms with E-state index < -0.39 is 0 Å². The number of amides is 1. The standard InChI is InChI=1S/C22H26N2O2/c1-15-10-18(13-23-16(15)2)21(26)24-19-8-9-20(24)22(12-19,14-25)11-17-6-4-3-5-7-17/h3-7,10,13,19-20,25H,8-9,11-12,14H2,1-2H3/t19-,20+,22-/m0/s1. The van der Waals surface area contributed by atoms with E-state index in [-0.39, 0.29) is 30.0 Å². The Hall–Kier alpha value is -2.20. The summed E-state index contributed by atoms with van der Waals surface area (Å²) in [5.41, 5.74) is 3.67. The van der Waals surface area contributed by atoms with Crippen molar-refractivity contribution in [1.82, 2.24) is 9.88 Å². The molecule has 1 amide bonds. The Bertz CT molecular complexity index is 820. The molecule has 3 heterocycles. The summed E-state index contributed by atoms with van der Waals surface area (Å²) in [7, 11) is 0. The lowest BCUT2D eigenvalue weighted by molar-refractivity contribution is 0.0571. The van der Waals surface area contributed by atoms with Crippen molar-refractivity contribution in [1.29, 1.82) is 0 Å². The largest absolute Gasteiger partial charge is 0.396 e. The van der Waals surface area contributed by atoms with Crippen LogP contribution in [0.15, 0.2) is 42.6 Å². The molecule has 136 valence electrons. The normalized spacial score (nSPS) is 27.1. The van der Waals surface area contributed by atoms with Gasteiger partial charge in [-0.2, -0.15) is 0 Å². The van der Waals surface area contributed by atoms with Gasteiger partial charge in [0.15, 0.2) is 0 Å². The van der Waals surface area contributed by atoms with Gasteiger partial charge in [-0.05, 0) is 56.7 Å². The average Bonchev–Trinajstić information content (AvgIpc) is 3.20. The van der Waals surface area contributed by atoms with Gasteiger partial charge in [-0.3, -0.25) is 9.78 Å². The van der Waals surface area contributed by atoms with Crippen LogP contribution in [0.25, 0.3) is 0 Å². The Morgan fingerprint density at radius 1 is 1.27 bits per heavy atom. The summed E-state index contributed by atoms with van der Waals surface area (Å²) >= 11 is 0. The van der Waals surface area contributed by atoms with Gasteiger partial charge in [0.1, 0.15) is 0 Å². The summed E-state index contributed by atoms with van der Waals surface area (Å²) in [4.78, 5) is 19.6. The summed E-state index contributed by atoms with van der Waals surface area (Å²) in [6, 6.07) is 12.6. The zero-order valence-electron chi connectivity index (χ0n) is 15.5. The van der Waals surface area contributed by atoms with Gasteiger partial charge in [-0.15, -0.1) is 0 Å². The van der Waals surface area contributed by atoms with Gasteiger partial charge in [0.25, 0.3) is 5.91 Å². The number of fused-ring (bicyclic) bond motifs is 2. The van der Waals surface area contributed by atoms with Crippen molar-refractivity contribution < 1.29 is 9.90 Å². The van der Waals surface area contributed by atoms with Crippen LogP contribution in [-0.2, 0) is 6.42 Å². The molecule has 3 atom stereocenters. The summed E-state index contributed by atoms with van der Waals surface area (Å²) in [5, 5.41) is 10.3. The number of aromatic nitrogens is 1. The van der Waals surface area contributed by atoms with E-state index in [4.69, 9.17) is 0 Å². The summed E-state index contributed by atoms with van der Waals surface area (Å²) < 4.78 is 0. The molecule has 2 saturated heterocycles. The minimum atomic E-state index is -0.229. The molecule has 0 unspecified atom stereocenters. The number of aliphatic hydroxyl groups excluding tert-OH is 1. The Kier molecular flexibility index (Phi) is 4.31. The molecule has 4 rings (SSSR count). The maximum Gasteiger partial charge on any atom is 0.255 e. The van der Waals surface area contributed by atoms with Crippen LogP contribution < -0.4 is 0 Å². The molecule has 0 saturated carbocycles. The first kappa shape index (κ1) is 17.2. The second kappa shape index (κ2) is 6.51. The number of hydrogen-bond donors (Lipinski definition) is 1. The molecule has 0 spiro atoms. The van der Waals surface area contributed by atoms with Crippen molar-refractivity contribution in [3.8, 4) is 0 Å². The highest BCUT2D eigenvalue weighted by molar-refractivity contribution is 5.95. The Morgan fingerprint density at radius 2 is 2.04 bits per heavy atom. The minimum Gasteiger partial charge on any atom is -0.396 e. The van der Waals surface area contributed by atoms with E-state index >= 15 is 0 Å². The van der Waals surface area contributed by atoms with Gasteiger partial charge < -0.3 is 10.0 Å². The molecule has 2 aromatic rings. The number of benzene rings is 1. The fraction of sp³-hybridized carbons (Fsp3) is 0.455. The minimum absolute atomic E-state index is 0.0662. The number of aryl methyl sites for hydroxylation is 2. The van der Waals surface area contributed by atoms with E-state index in [1.165, 1.54) is 5.56 Å². The molecule has 1 aromatic carbocycles. The number of rotatable bonds is 4.